The third-order valence-electron chi connectivity index (χ3n) is 4.36. The van der Waals surface area contributed by atoms with Crippen LogP contribution in [0.2, 0.25) is 0 Å². The molecule has 150 valence electrons. The van der Waals surface area contributed by atoms with Gasteiger partial charge in [0.25, 0.3) is 0 Å². The molecule has 9 nitrogen and oxygen atoms in total. The van der Waals surface area contributed by atoms with Gasteiger partial charge in [0, 0.05) is 18.7 Å². The molecule has 10 heteroatoms. The van der Waals surface area contributed by atoms with Gasteiger partial charge in [-0.1, -0.05) is 20.3 Å². The molecule has 0 radical (unpaired) electrons. The number of carbonyl (C=O) groups is 2. The van der Waals surface area contributed by atoms with Crippen molar-refractivity contribution in [1.82, 2.24) is 5.32 Å². The van der Waals surface area contributed by atoms with Crippen LogP contribution in [-0.2, 0) is 26.4 Å². The lowest BCUT2D eigenvalue weighted by Crippen LogP contribution is -2.53. The number of rotatable bonds is 8. The molecule has 1 heterocycles. The van der Waals surface area contributed by atoms with E-state index in [4.69, 9.17) is 10.3 Å². The van der Waals surface area contributed by atoms with Crippen molar-refractivity contribution in [2.45, 2.75) is 51.6 Å². The molecule has 4 N–H and O–H groups in total. The van der Waals surface area contributed by atoms with Crippen molar-refractivity contribution in [2.24, 2.45) is 5.73 Å². The van der Waals surface area contributed by atoms with Gasteiger partial charge in [-0.2, -0.15) is 8.42 Å². The van der Waals surface area contributed by atoms with Gasteiger partial charge in [-0.25, -0.2) is 0 Å². The summed E-state index contributed by atoms with van der Waals surface area (Å²) < 4.78 is 35.1. The van der Waals surface area contributed by atoms with Gasteiger partial charge in [-0.3, -0.25) is 19.0 Å². The van der Waals surface area contributed by atoms with Crippen LogP contribution in [-0.4, -0.2) is 43.4 Å². The molecule has 2 rings (SSSR count). The highest BCUT2D eigenvalue weighted by molar-refractivity contribution is 7.81. The molecule has 0 bridgehead atoms. The maximum absolute atomic E-state index is 12.8. The topological polar surface area (TPSA) is 139 Å². The number of nitrogens with two attached hydrogens (primary N) is 1. The second-order valence-corrected chi connectivity index (χ2v) is 7.41. The van der Waals surface area contributed by atoms with Gasteiger partial charge in [-0.15, -0.1) is 0 Å². The predicted molar refractivity (Wildman–Crippen MR) is 99.8 cm³/mol. The van der Waals surface area contributed by atoms with Crippen molar-refractivity contribution < 1.29 is 26.7 Å². The Hall–Kier alpha value is -2.17. The molecule has 2 amide bonds. The van der Waals surface area contributed by atoms with E-state index in [1.807, 2.05) is 6.92 Å². The Morgan fingerprint density at radius 3 is 2.70 bits per heavy atom. The van der Waals surface area contributed by atoms with Crippen LogP contribution in [0, 0.1) is 0 Å². The van der Waals surface area contributed by atoms with Gasteiger partial charge in [-0.05, 0) is 36.6 Å². The summed E-state index contributed by atoms with van der Waals surface area (Å²) in [5.41, 5.74) is 6.92. The fraction of sp³-hybridized carbons (Fsp3) is 0.529. The standard InChI is InChI=1S/C17H25N3O6S/c1-3-5-8-19-16(21)15-10-11-9-12(26-27(23,24)25)6-7-14(11)20(15)17(22)13(18)4-2/h6-7,9,13,15H,3-5,8,10,18H2,1-2H3,(H,19,21)(H,23,24,25). The number of carbonyl (C=O) groups excluding carboxylic acids is 2. The van der Waals surface area contributed by atoms with E-state index in [-0.39, 0.29) is 24.0 Å². The number of nitrogens with zero attached hydrogens (tertiary/aromatic N) is 1. The van der Waals surface area contributed by atoms with E-state index >= 15 is 0 Å². The quantitative estimate of drug-likeness (QED) is 0.433. The van der Waals surface area contributed by atoms with Gasteiger partial charge in [0.05, 0.1) is 6.04 Å². The summed E-state index contributed by atoms with van der Waals surface area (Å²) in [5.74, 6) is -0.778. The maximum atomic E-state index is 12.8. The van der Waals surface area contributed by atoms with Gasteiger partial charge in [0.1, 0.15) is 11.8 Å². The summed E-state index contributed by atoms with van der Waals surface area (Å²) in [6, 6.07) is 2.65. The average molecular weight is 399 g/mol. The number of anilines is 1. The third kappa shape index (κ3) is 5.18. The van der Waals surface area contributed by atoms with E-state index in [1.165, 1.54) is 23.1 Å². The van der Waals surface area contributed by atoms with E-state index in [0.717, 1.165) is 12.8 Å². The average Bonchev–Trinajstić information content (AvgIpc) is 2.97. The molecular weight excluding hydrogens is 374 g/mol. The van der Waals surface area contributed by atoms with Crippen molar-refractivity contribution in [3.63, 3.8) is 0 Å². The van der Waals surface area contributed by atoms with Crippen LogP contribution in [0.5, 0.6) is 5.75 Å². The Morgan fingerprint density at radius 1 is 1.41 bits per heavy atom. The largest absolute Gasteiger partial charge is 0.446 e. The molecule has 0 saturated carbocycles. The second-order valence-electron chi connectivity index (χ2n) is 6.39. The Morgan fingerprint density at radius 2 is 2.11 bits per heavy atom. The molecule has 1 aromatic carbocycles. The first kappa shape index (κ1) is 21.1. The normalized spacial score (nSPS) is 17.3. The highest BCUT2D eigenvalue weighted by atomic mass is 32.3. The zero-order valence-electron chi connectivity index (χ0n) is 15.3. The fourth-order valence-electron chi connectivity index (χ4n) is 2.94. The van der Waals surface area contributed by atoms with E-state index in [0.29, 0.717) is 24.2 Å². The first-order valence-electron chi connectivity index (χ1n) is 8.84. The number of benzene rings is 1. The number of fused-ring (bicyclic) bond motifs is 1. The van der Waals surface area contributed by atoms with Crippen LogP contribution in [0.25, 0.3) is 0 Å². The molecular formula is C17H25N3O6S. The van der Waals surface area contributed by atoms with Gasteiger partial charge in [0.15, 0.2) is 0 Å². The molecule has 1 aliphatic rings. The molecule has 0 fully saturated rings. The van der Waals surface area contributed by atoms with E-state index in [1.54, 1.807) is 6.92 Å². The Balaban J connectivity index is 2.33. The Kier molecular flexibility index (Phi) is 6.79. The van der Waals surface area contributed by atoms with E-state index < -0.39 is 22.5 Å². The van der Waals surface area contributed by atoms with Crippen molar-refractivity contribution in [1.29, 1.82) is 0 Å². The van der Waals surface area contributed by atoms with Crippen molar-refractivity contribution in [3.05, 3.63) is 23.8 Å². The summed E-state index contributed by atoms with van der Waals surface area (Å²) >= 11 is 0. The highest BCUT2D eigenvalue weighted by Crippen LogP contribution is 2.36. The lowest BCUT2D eigenvalue weighted by Gasteiger charge is -2.27. The number of hydrogen-bond donors (Lipinski definition) is 3. The SMILES string of the molecule is CCCCNC(=O)C1Cc2cc(OS(=O)(=O)O)ccc2N1C(=O)C(N)CC. The molecule has 27 heavy (non-hydrogen) atoms. The Bertz CT molecular complexity index is 811. The van der Waals surface area contributed by atoms with E-state index in [2.05, 4.69) is 9.50 Å². The molecule has 0 aliphatic carbocycles. The van der Waals surface area contributed by atoms with Crippen molar-refractivity contribution >= 4 is 27.9 Å². The fourth-order valence-corrected chi connectivity index (χ4v) is 3.29. The van der Waals surface area contributed by atoms with Crippen LogP contribution in [0.1, 0.15) is 38.7 Å². The van der Waals surface area contributed by atoms with Gasteiger partial charge >= 0.3 is 10.4 Å². The maximum Gasteiger partial charge on any atom is 0.446 e. The minimum Gasteiger partial charge on any atom is -0.362 e. The molecule has 2 atom stereocenters. The van der Waals surface area contributed by atoms with Crippen LogP contribution in [0.15, 0.2) is 18.2 Å². The highest BCUT2D eigenvalue weighted by Gasteiger charge is 2.39. The summed E-state index contributed by atoms with van der Waals surface area (Å²) in [6.07, 6.45) is 2.35. The summed E-state index contributed by atoms with van der Waals surface area (Å²) in [7, 11) is -4.67. The zero-order valence-corrected chi connectivity index (χ0v) is 16.2. The smallest absolute Gasteiger partial charge is 0.362 e. The summed E-state index contributed by atoms with van der Waals surface area (Å²) in [5, 5.41) is 2.81. The van der Waals surface area contributed by atoms with Crippen LogP contribution >= 0.6 is 0 Å². The molecule has 1 aromatic rings. The monoisotopic (exact) mass is 399 g/mol. The number of unbranched alkanes of at least 4 members (excludes halogenated alkanes) is 1. The van der Waals surface area contributed by atoms with Gasteiger partial charge < -0.3 is 15.2 Å². The second kappa shape index (κ2) is 8.68. The van der Waals surface area contributed by atoms with E-state index in [9.17, 15) is 18.0 Å². The van der Waals surface area contributed by atoms with Gasteiger partial charge in [0.2, 0.25) is 11.8 Å². The van der Waals surface area contributed by atoms with Crippen LogP contribution in [0.3, 0.4) is 0 Å². The summed E-state index contributed by atoms with van der Waals surface area (Å²) in [6.45, 7) is 4.28. The lowest BCUT2D eigenvalue weighted by atomic mass is 10.1. The zero-order chi connectivity index (χ0) is 20.2. The molecule has 0 aromatic heterocycles. The number of amides is 2. The molecule has 2 unspecified atom stereocenters. The number of hydrogen-bond acceptors (Lipinski definition) is 6. The number of nitrogens with one attached hydrogen (secondary N) is 1. The minimum absolute atomic E-state index is 0.101. The van der Waals surface area contributed by atoms with Crippen LogP contribution < -0.4 is 20.1 Å². The third-order valence-corrected chi connectivity index (χ3v) is 4.77. The predicted octanol–water partition coefficient (Wildman–Crippen LogP) is 0.780. The molecule has 1 aliphatic heterocycles. The van der Waals surface area contributed by atoms with Crippen molar-refractivity contribution in [2.75, 3.05) is 11.4 Å². The Labute approximate surface area is 158 Å². The first-order chi connectivity index (χ1) is 12.7. The summed E-state index contributed by atoms with van der Waals surface area (Å²) in [4.78, 5) is 26.7. The molecule has 0 saturated heterocycles. The first-order valence-corrected chi connectivity index (χ1v) is 10.2. The minimum atomic E-state index is -4.67. The lowest BCUT2D eigenvalue weighted by molar-refractivity contribution is -0.126. The molecule has 0 spiro atoms. The van der Waals surface area contributed by atoms with Crippen LogP contribution in [0.4, 0.5) is 5.69 Å². The van der Waals surface area contributed by atoms with Crippen molar-refractivity contribution in [3.8, 4) is 5.75 Å².